The van der Waals surface area contributed by atoms with E-state index in [4.69, 9.17) is 14.3 Å². The van der Waals surface area contributed by atoms with Crippen LogP contribution in [0.25, 0.3) is 0 Å². The van der Waals surface area contributed by atoms with Crippen LogP contribution < -0.4 is 0 Å². The molecule has 0 saturated carbocycles. The number of aryl methyl sites for hydroxylation is 1. The molecule has 1 aliphatic heterocycles. The molecular weight excluding hydrogens is 264 g/mol. The van der Waals surface area contributed by atoms with E-state index in [1.165, 1.54) is 9.80 Å². The molecule has 0 spiro atoms. The van der Waals surface area contributed by atoms with Gasteiger partial charge in [0.15, 0.2) is 6.04 Å². The molecule has 2 rings (SSSR count). The van der Waals surface area contributed by atoms with Gasteiger partial charge in [-0.1, -0.05) is 0 Å². The van der Waals surface area contributed by atoms with Crippen molar-refractivity contribution < 1.29 is 23.8 Å². The first-order chi connectivity index (χ1) is 9.49. The van der Waals surface area contributed by atoms with Crippen molar-refractivity contribution >= 4 is 12.0 Å². The molecule has 0 aliphatic carbocycles. The standard InChI is InChI=1S/C13H18N2O5/c1-9-3-4-10(20-9)7-14(2)13(18)15-5-6-19-8-11(15)12(16)17/h3-4,11H,5-8H2,1-2H3,(H,16,17). The zero-order valence-electron chi connectivity index (χ0n) is 11.5. The number of hydrogen-bond donors (Lipinski definition) is 1. The summed E-state index contributed by atoms with van der Waals surface area (Å²) in [5.41, 5.74) is 0. The van der Waals surface area contributed by atoms with E-state index in [2.05, 4.69) is 0 Å². The summed E-state index contributed by atoms with van der Waals surface area (Å²) >= 11 is 0. The fourth-order valence-electron chi connectivity index (χ4n) is 2.13. The average Bonchev–Trinajstić information content (AvgIpc) is 2.83. The first kappa shape index (κ1) is 14.4. The van der Waals surface area contributed by atoms with Crippen molar-refractivity contribution in [3.63, 3.8) is 0 Å². The van der Waals surface area contributed by atoms with Gasteiger partial charge in [-0.25, -0.2) is 9.59 Å². The van der Waals surface area contributed by atoms with Gasteiger partial charge in [0, 0.05) is 13.6 Å². The Labute approximate surface area is 116 Å². The Hall–Kier alpha value is -2.02. The molecule has 1 aromatic heterocycles. The Bertz CT molecular complexity index is 499. The number of carboxylic acids is 1. The molecule has 1 fully saturated rings. The highest BCUT2D eigenvalue weighted by Gasteiger charge is 2.34. The summed E-state index contributed by atoms with van der Waals surface area (Å²) in [5, 5.41) is 9.12. The number of ether oxygens (including phenoxy) is 1. The van der Waals surface area contributed by atoms with Crippen LogP contribution in [0.15, 0.2) is 16.5 Å². The molecule has 7 heteroatoms. The molecular formula is C13H18N2O5. The van der Waals surface area contributed by atoms with Gasteiger partial charge < -0.3 is 24.1 Å². The van der Waals surface area contributed by atoms with E-state index in [9.17, 15) is 9.59 Å². The Morgan fingerprint density at radius 1 is 1.50 bits per heavy atom. The van der Waals surface area contributed by atoms with Gasteiger partial charge >= 0.3 is 12.0 Å². The lowest BCUT2D eigenvalue weighted by molar-refractivity contribution is -0.147. The molecule has 1 aliphatic rings. The maximum Gasteiger partial charge on any atom is 0.328 e. The molecule has 0 radical (unpaired) electrons. The first-order valence-corrected chi connectivity index (χ1v) is 6.36. The summed E-state index contributed by atoms with van der Waals surface area (Å²) in [6.45, 7) is 2.78. The highest BCUT2D eigenvalue weighted by atomic mass is 16.5. The number of morpholine rings is 1. The zero-order chi connectivity index (χ0) is 14.7. The van der Waals surface area contributed by atoms with Crippen LogP contribution in [0.4, 0.5) is 4.79 Å². The van der Waals surface area contributed by atoms with Crippen LogP contribution in [0.1, 0.15) is 11.5 Å². The fourth-order valence-corrected chi connectivity index (χ4v) is 2.13. The van der Waals surface area contributed by atoms with Crippen LogP contribution in [0.2, 0.25) is 0 Å². The SMILES string of the molecule is Cc1ccc(CN(C)C(=O)N2CCOCC2C(=O)O)o1. The smallest absolute Gasteiger partial charge is 0.328 e. The predicted octanol–water partition coefficient (Wildman–Crippen LogP) is 0.925. The van der Waals surface area contributed by atoms with Crippen LogP contribution in [0.3, 0.4) is 0 Å². The Morgan fingerprint density at radius 3 is 2.85 bits per heavy atom. The third-order valence-corrected chi connectivity index (χ3v) is 3.17. The van der Waals surface area contributed by atoms with Crippen molar-refractivity contribution in [1.82, 2.24) is 9.80 Å². The van der Waals surface area contributed by atoms with Gasteiger partial charge in [0.05, 0.1) is 19.8 Å². The lowest BCUT2D eigenvalue weighted by Crippen LogP contribution is -2.55. The minimum absolute atomic E-state index is 0.0226. The zero-order valence-corrected chi connectivity index (χ0v) is 11.5. The summed E-state index contributed by atoms with van der Waals surface area (Å²) in [5.74, 6) is 0.384. The van der Waals surface area contributed by atoms with E-state index in [1.54, 1.807) is 13.1 Å². The molecule has 1 N–H and O–H groups in total. The van der Waals surface area contributed by atoms with E-state index in [0.29, 0.717) is 18.9 Å². The minimum Gasteiger partial charge on any atom is -0.480 e. The number of carbonyl (C=O) groups excluding carboxylic acids is 1. The number of amides is 2. The predicted molar refractivity (Wildman–Crippen MR) is 69.3 cm³/mol. The number of nitrogens with zero attached hydrogens (tertiary/aromatic N) is 2. The van der Waals surface area contributed by atoms with Crippen molar-refractivity contribution in [3.05, 3.63) is 23.7 Å². The summed E-state index contributed by atoms with van der Waals surface area (Å²) in [7, 11) is 1.62. The van der Waals surface area contributed by atoms with Crippen molar-refractivity contribution in [2.24, 2.45) is 0 Å². The monoisotopic (exact) mass is 282 g/mol. The normalized spacial score (nSPS) is 18.9. The number of carbonyl (C=O) groups is 2. The Balaban J connectivity index is 2.02. The molecule has 2 heterocycles. The van der Waals surface area contributed by atoms with Crippen LogP contribution in [0, 0.1) is 6.92 Å². The number of carboxylic acid groups (broad SMARTS) is 1. The summed E-state index contributed by atoms with van der Waals surface area (Å²) in [6.07, 6.45) is 0. The average molecular weight is 282 g/mol. The third kappa shape index (κ3) is 3.11. The summed E-state index contributed by atoms with van der Waals surface area (Å²) in [4.78, 5) is 26.2. The number of aliphatic carboxylic acids is 1. The van der Waals surface area contributed by atoms with Crippen molar-refractivity contribution in [2.75, 3.05) is 26.8 Å². The van der Waals surface area contributed by atoms with Crippen molar-refractivity contribution in [1.29, 1.82) is 0 Å². The molecule has 7 nitrogen and oxygen atoms in total. The van der Waals surface area contributed by atoms with E-state index in [1.807, 2.05) is 13.0 Å². The minimum atomic E-state index is -1.06. The molecule has 1 atom stereocenters. The molecule has 1 aromatic rings. The number of urea groups is 1. The fraction of sp³-hybridized carbons (Fsp3) is 0.538. The molecule has 0 aromatic carbocycles. The summed E-state index contributed by atoms with van der Waals surface area (Å²) < 4.78 is 10.5. The quantitative estimate of drug-likeness (QED) is 0.891. The highest BCUT2D eigenvalue weighted by molar-refractivity contribution is 5.82. The molecule has 2 amide bonds. The molecule has 0 bridgehead atoms. The van der Waals surface area contributed by atoms with E-state index >= 15 is 0 Å². The van der Waals surface area contributed by atoms with E-state index in [-0.39, 0.29) is 19.2 Å². The van der Waals surface area contributed by atoms with Gasteiger partial charge in [0.25, 0.3) is 0 Å². The van der Waals surface area contributed by atoms with Crippen LogP contribution in [0.5, 0.6) is 0 Å². The number of furan rings is 1. The van der Waals surface area contributed by atoms with Gasteiger partial charge in [-0.3, -0.25) is 0 Å². The number of rotatable bonds is 3. The van der Waals surface area contributed by atoms with Crippen molar-refractivity contribution in [3.8, 4) is 0 Å². The second-order valence-electron chi connectivity index (χ2n) is 4.77. The molecule has 110 valence electrons. The van der Waals surface area contributed by atoms with Gasteiger partial charge in [-0.05, 0) is 19.1 Å². The largest absolute Gasteiger partial charge is 0.480 e. The molecule has 1 saturated heterocycles. The summed E-state index contributed by atoms with van der Waals surface area (Å²) in [6, 6.07) is 2.35. The van der Waals surface area contributed by atoms with Gasteiger partial charge in [0.1, 0.15) is 11.5 Å². The van der Waals surface area contributed by atoms with Crippen LogP contribution in [-0.2, 0) is 16.1 Å². The van der Waals surface area contributed by atoms with Gasteiger partial charge in [-0.15, -0.1) is 0 Å². The second-order valence-corrected chi connectivity index (χ2v) is 4.77. The van der Waals surface area contributed by atoms with Crippen molar-refractivity contribution in [2.45, 2.75) is 19.5 Å². The molecule has 20 heavy (non-hydrogen) atoms. The third-order valence-electron chi connectivity index (χ3n) is 3.17. The second kappa shape index (κ2) is 5.96. The highest BCUT2D eigenvalue weighted by Crippen LogP contribution is 2.13. The molecule has 1 unspecified atom stereocenters. The number of hydrogen-bond acceptors (Lipinski definition) is 4. The first-order valence-electron chi connectivity index (χ1n) is 6.36. The maximum atomic E-state index is 12.3. The lowest BCUT2D eigenvalue weighted by Gasteiger charge is -2.35. The van der Waals surface area contributed by atoms with E-state index < -0.39 is 12.0 Å². The van der Waals surface area contributed by atoms with Crippen LogP contribution in [-0.4, -0.2) is 59.8 Å². The Kier molecular flexibility index (Phi) is 4.29. The van der Waals surface area contributed by atoms with Gasteiger partial charge in [0.2, 0.25) is 0 Å². The van der Waals surface area contributed by atoms with Crippen LogP contribution >= 0.6 is 0 Å². The Morgan fingerprint density at radius 2 is 2.25 bits per heavy atom. The lowest BCUT2D eigenvalue weighted by atomic mass is 10.2. The maximum absolute atomic E-state index is 12.3. The topological polar surface area (TPSA) is 83.2 Å². The van der Waals surface area contributed by atoms with E-state index in [0.717, 1.165) is 5.76 Å². The van der Waals surface area contributed by atoms with Gasteiger partial charge in [-0.2, -0.15) is 0 Å².